The largest absolute Gasteiger partial charge is 0.370 e. The van der Waals surface area contributed by atoms with E-state index in [1.807, 2.05) is 24.3 Å². The van der Waals surface area contributed by atoms with E-state index >= 15 is 0 Å². The Kier molecular flexibility index (Phi) is 2.82. The number of carbonyl (C=O) groups excluding carboxylic acids is 1. The molecule has 0 saturated heterocycles. The Morgan fingerprint density at radius 2 is 2.27 bits per heavy atom. The smallest absolute Gasteiger partial charge is 0.219 e. The maximum absolute atomic E-state index is 10.6. The van der Waals surface area contributed by atoms with Gasteiger partial charge < -0.3 is 11.1 Å². The number of nitrogens with two attached hydrogens (primary N) is 1. The molecule has 1 heterocycles. The quantitative estimate of drug-likeness (QED) is 0.823. The molecule has 78 valence electrons. The van der Waals surface area contributed by atoms with Crippen LogP contribution in [0.2, 0.25) is 0 Å². The summed E-state index contributed by atoms with van der Waals surface area (Å²) in [5.74, 6) is 0.527. The molecule has 0 aliphatic rings. The fourth-order valence-electron chi connectivity index (χ4n) is 1.32. The van der Waals surface area contributed by atoms with Gasteiger partial charge in [0, 0.05) is 18.4 Å². The third kappa shape index (κ3) is 2.24. The van der Waals surface area contributed by atoms with Crippen molar-refractivity contribution in [2.24, 2.45) is 5.73 Å². The molecule has 0 spiro atoms. The summed E-state index contributed by atoms with van der Waals surface area (Å²) in [5.41, 5.74) is 5.05. The molecule has 0 aliphatic heterocycles. The van der Waals surface area contributed by atoms with Crippen LogP contribution < -0.4 is 11.1 Å². The molecule has 1 aromatic carbocycles. The third-order valence-electron chi connectivity index (χ3n) is 2.04. The van der Waals surface area contributed by atoms with Gasteiger partial charge in [-0.3, -0.25) is 4.79 Å². The van der Waals surface area contributed by atoms with Gasteiger partial charge in [-0.15, -0.1) is 0 Å². The number of hydrogen-bond donors (Lipinski definition) is 2. The highest BCUT2D eigenvalue weighted by Gasteiger charge is 2.04. The van der Waals surface area contributed by atoms with Gasteiger partial charge in [-0.2, -0.15) is 4.37 Å². The number of amides is 1. The molecule has 0 atom stereocenters. The second-order valence-electron chi connectivity index (χ2n) is 3.17. The number of nitrogens with zero attached hydrogens (tertiary/aromatic N) is 1. The zero-order valence-electron chi connectivity index (χ0n) is 8.06. The summed E-state index contributed by atoms with van der Waals surface area (Å²) in [7, 11) is 0. The van der Waals surface area contributed by atoms with Gasteiger partial charge in [0.2, 0.25) is 5.91 Å². The van der Waals surface area contributed by atoms with Gasteiger partial charge >= 0.3 is 0 Å². The van der Waals surface area contributed by atoms with E-state index < -0.39 is 0 Å². The molecule has 0 bridgehead atoms. The second kappa shape index (κ2) is 4.27. The molecule has 5 heteroatoms. The molecule has 2 aromatic rings. The zero-order chi connectivity index (χ0) is 10.7. The van der Waals surface area contributed by atoms with Gasteiger partial charge in [0.1, 0.15) is 5.82 Å². The molecule has 0 unspecified atom stereocenters. The molecule has 1 aromatic heterocycles. The molecule has 1 amide bonds. The van der Waals surface area contributed by atoms with Crippen LogP contribution in [0.25, 0.3) is 10.1 Å². The molecule has 0 fully saturated rings. The summed E-state index contributed by atoms with van der Waals surface area (Å²) >= 11 is 1.44. The minimum absolute atomic E-state index is 0.304. The Hall–Kier alpha value is -1.62. The summed E-state index contributed by atoms with van der Waals surface area (Å²) in [6.07, 6.45) is 0.325. The first-order chi connectivity index (χ1) is 7.27. The van der Waals surface area contributed by atoms with Crippen molar-refractivity contribution < 1.29 is 4.79 Å². The molecular weight excluding hydrogens is 210 g/mol. The Balaban J connectivity index is 2.11. The monoisotopic (exact) mass is 221 g/mol. The first-order valence-electron chi connectivity index (χ1n) is 4.64. The van der Waals surface area contributed by atoms with Crippen LogP contribution in [0.5, 0.6) is 0 Å². The van der Waals surface area contributed by atoms with Gasteiger partial charge in [-0.05, 0) is 23.7 Å². The summed E-state index contributed by atoms with van der Waals surface area (Å²) in [6.45, 7) is 0.531. The Labute approximate surface area is 91.3 Å². The van der Waals surface area contributed by atoms with E-state index in [1.54, 1.807) is 0 Å². The summed E-state index contributed by atoms with van der Waals surface area (Å²) in [5, 5.41) is 4.19. The highest BCUT2D eigenvalue weighted by atomic mass is 32.1. The van der Waals surface area contributed by atoms with Crippen molar-refractivity contribution in [2.45, 2.75) is 6.42 Å². The Morgan fingerprint density at radius 1 is 1.47 bits per heavy atom. The Morgan fingerprint density at radius 3 is 3.07 bits per heavy atom. The van der Waals surface area contributed by atoms with E-state index in [2.05, 4.69) is 9.69 Å². The summed E-state index contributed by atoms with van der Waals surface area (Å²) < 4.78 is 5.41. The van der Waals surface area contributed by atoms with Crippen LogP contribution in [0.1, 0.15) is 6.42 Å². The number of fused-ring (bicyclic) bond motifs is 1. The van der Waals surface area contributed by atoms with Crippen molar-refractivity contribution in [2.75, 3.05) is 11.9 Å². The van der Waals surface area contributed by atoms with Gasteiger partial charge in [-0.25, -0.2) is 0 Å². The lowest BCUT2D eigenvalue weighted by atomic mass is 10.2. The van der Waals surface area contributed by atoms with E-state index in [1.165, 1.54) is 11.5 Å². The molecule has 2 rings (SSSR count). The van der Waals surface area contributed by atoms with E-state index in [-0.39, 0.29) is 5.91 Å². The molecule has 3 N–H and O–H groups in total. The maximum atomic E-state index is 10.6. The fraction of sp³-hybridized carbons (Fsp3) is 0.200. The average molecular weight is 221 g/mol. The summed E-state index contributed by atoms with van der Waals surface area (Å²) in [6, 6.07) is 7.97. The van der Waals surface area contributed by atoms with E-state index in [0.717, 1.165) is 15.9 Å². The molecule has 15 heavy (non-hydrogen) atoms. The standard InChI is InChI=1S/C10H11N3OS/c11-9(14)5-6-12-10-7-3-1-2-4-8(7)15-13-10/h1-4H,5-6H2,(H2,11,14)(H,12,13). The van der Waals surface area contributed by atoms with Gasteiger partial charge in [-0.1, -0.05) is 12.1 Å². The first kappa shape index (κ1) is 9.92. The van der Waals surface area contributed by atoms with Crippen LogP contribution in [0, 0.1) is 0 Å². The van der Waals surface area contributed by atoms with Crippen LogP contribution in [-0.4, -0.2) is 16.8 Å². The predicted octanol–water partition coefficient (Wildman–Crippen LogP) is 1.58. The normalized spacial score (nSPS) is 10.4. The SMILES string of the molecule is NC(=O)CCNc1nsc2ccccc12. The van der Waals surface area contributed by atoms with Crippen molar-refractivity contribution in [1.29, 1.82) is 0 Å². The zero-order valence-corrected chi connectivity index (χ0v) is 8.88. The number of anilines is 1. The third-order valence-corrected chi connectivity index (χ3v) is 2.87. The van der Waals surface area contributed by atoms with Gasteiger partial charge in [0.05, 0.1) is 4.70 Å². The van der Waals surface area contributed by atoms with E-state index in [9.17, 15) is 4.79 Å². The van der Waals surface area contributed by atoms with Gasteiger partial charge in [0.15, 0.2) is 0 Å². The molecule has 0 saturated carbocycles. The number of aromatic nitrogens is 1. The molecule has 0 radical (unpaired) electrons. The number of benzene rings is 1. The number of hydrogen-bond acceptors (Lipinski definition) is 4. The molecular formula is C10H11N3OS. The minimum atomic E-state index is -0.304. The summed E-state index contributed by atoms with van der Waals surface area (Å²) in [4.78, 5) is 10.6. The van der Waals surface area contributed by atoms with Gasteiger partial charge in [0.25, 0.3) is 0 Å². The maximum Gasteiger partial charge on any atom is 0.219 e. The van der Waals surface area contributed by atoms with Crippen molar-refractivity contribution in [1.82, 2.24) is 4.37 Å². The van der Waals surface area contributed by atoms with Crippen molar-refractivity contribution in [3.05, 3.63) is 24.3 Å². The number of carbonyl (C=O) groups is 1. The highest BCUT2D eigenvalue weighted by molar-refractivity contribution is 7.13. The fourth-order valence-corrected chi connectivity index (χ4v) is 2.07. The number of nitrogens with one attached hydrogen (secondary N) is 1. The Bertz CT molecular complexity index is 480. The van der Waals surface area contributed by atoms with Crippen LogP contribution in [-0.2, 0) is 4.79 Å². The highest BCUT2D eigenvalue weighted by Crippen LogP contribution is 2.25. The van der Waals surface area contributed by atoms with Crippen LogP contribution in [0.4, 0.5) is 5.82 Å². The molecule has 4 nitrogen and oxygen atoms in total. The lowest BCUT2D eigenvalue weighted by Crippen LogP contribution is -2.15. The first-order valence-corrected chi connectivity index (χ1v) is 5.41. The molecule has 0 aliphatic carbocycles. The number of primary amides is 1. The van der Waals surface area contributed by atoms with Crippen LogP contribution in [0.3, 0.4) is 0 Å². The van der Waals surface area contributed by atoms with Crippen LogP contribution >= 0.6 is 11.5 Å². The number of rotatable bonds is 4. The second-order valence-corrected chi connectivity index (χ2v) is 3.98. The van der Waals surface area contributed by atoms with Crippen molar-refractivity contribution in [3.8, 4) is 0 Å². The van der Waals surface area contributed by atoms with E-state index in [0.29, 0.717) is 13.0 Å². The average Bonchev–Trinajstić information content (AvgIpc) is 2.62. The van der Waals surface area contributed by atoms with Crippen molar-refractivity contribution >= 4 is 33.3 Å². The lowest BCUT2D eigenvalue weighted by Gasteiger charge is -2.00. The topological polar surface area (TPSA) is 68.0 Å². The van der Waals surface area contributed by atoms with E-state index in [4.69, 9.17) is 5.73 Å². The predicted molar refractivity (Wildman–Crippen MR) is 61.9 cm³/mol. The lowest BCUT2D eigenvalue weighted by molar-refractivity contribution is -0.117. The minimum Gasteiger partial charge on any atom is -0.370 e. The van der Waals surface area contributed by atoms with Crippen LogP contribution in [0.15, 0.2) is 24.3 Å². The van der Waals surface area contributed by atoms with Crippen molar-refractivity contribution in [3.63, 3.8) is 0 Å².